The van der Waals surface area contributed by atoms with E-state index in [-0.39, 0.29) is 23.7 Å². The summed E-state index contributed by atoms with van der Waals surface area (Å²) < 4.78 is 0. The fourth-order valence-corrected chi connectivity index (χ4v) is 3.98. The van der Waals surface area contributed by atoms with Gasteiger partial charge in [0.05, 0.1) is 6.04 Å². The maximum atomic E-state index is 12.3. The van der Waals surface area contributed by atoms with Gasteiger partial charge in [0, 0.05) is 17.0 Å². The maximum absolute atomic E-state index is 12.3. The molecule has 3 N–H and O–H groups in total. The zero-order chi connectivity index (χ0) is 16.7. The standard InChI is InChI=1S/C18H27ClN2OS.ClH/c1-23-12-9-16(20)17(22)21-13-18(10-3-2-4-11-18)14-5-7-15(19)8-6-14;/h5-8,16H,2-4,9-13,20H2,1H3,(H,21,22);1H/t16-;/m0./s1. The molecule has 0 bridgehead atoms. The molecule has 1 fully saturated rings. The van der Waals surface area contributed by atoms with Crippen molar-refractivity contribution in [2.24, 2.45) is 5.73 Å². The molecular weight excluding hydrogens is 363 g/mol. The minimum absolute atomic E-state index is 0. The summed E-state index contributed by atoms with van der Waals surface area (Å²) in [5.41, 5.74) is 7.28. The van der Waals surface area contributed by atoms with Crippen molar-refractivity contribution < 1.29 is 4.79 Å². The quantitative estimate of drug-likeness (QED) is 0.734. The molecule has 0 radical (unpaired) electrons. The summed E-state index contributed by atoms with van der Waals surface area (Å²) in [6.45, 7) is 0.667. The van der Waals surface area contributed by atoms with Crippen LogP contribution in [-0.2, 0) is 10.2 Å². The molecule has 1 aliphatic rings. The van der Waals surface area contributed by atoms with Crippen molar-refractivity contribution in [3.8, 4) is 0 Å². The van der Waals surface area contributed by atoms with E-state index in [1.165, 1.54) is 24.8 Å². The minimum atomic E-state index is -0.409. The van der Waals surface area contributed by atoms with E-state index in [1.807, 2.05) is 18.4 Å². The molecule has 6 heteroatoms. The van der Waals surface area contributed by atoms with Gasteiger partial charge in [0.1, 0.15) is 0 Å². The normalized spacial score (nSPS) is 17.6. The van der Waals surface area contributed by atoms with E-state index in [0.29, 0.717) is 6.54 Å². The van der Waals surface area contributed by atoms with E-state index in [4.69, 9.17) is 17.3 Å². The highest BCUT2D eigenvalue weighted by Crippen LogP contribution is 2.39. The molecule has 1 aromatic carbocycles. The van der Waals surface area contributed by atoms with Crippen molar-refractivity contribution >= 4 is 41.7 Å². The Kier molecular flexibility index (Phi) is 9.50. The molecule has 24 heavy (non-hydrogen) atoms. The van der Waals surface area contributed by atoms with E-state index >= 15 is 0 Å². The van der Waals surface area contributed by atoms with E-state index in [2.05, 4.69) is 17.4 Å². The molecule has 136 valence electrons. The van der Waals surface area contributed by atoms with Crippen LogP contribution in [-0.4, -0.2) is 30.5 Å². The summed E-state index contributed by atoms with van der Waals surface area (Å²) in [5.74, 6) is 0.884. The smallest absolute Gasteiger partial charge is 0.236 e. The predicted octanol–water partition coefficient (Wildman–Crippen LogP) is 4.16. The lowest BCUT2D eigenvalue weighted by Gasteiger charge is -2.38. The molecule has 1 aliphatic carbocycles. The average molecular weight is 391 g/mol. The van der Waals surface area contributed by atoms with Crippen molar-refractivity contribution in [3.05, 3.63) is 34.9 Å². The van der Waals surface area contributed by atoms with Gasteiger partial charge in [-0.25, -0.2) is 0 Å². The molecule has 2 rings (SSSR count). The van der Waals surface area contributed by atoms with Crippen LogP contribution in [0.1, 0.15) is 44.1 Å². The number of carbonyl (C=O) groups excluding carboxylic acids is 1. The van der Waals surface area contributed by atoms with Gasteiger partial charge in [0.2, 0.25) is 5.91 Å². The average Bonchev–Trinajstić information content (AvgIpc) is 2.59. The molecule has 0 heterocycles. The number of hydrogen-bond acceptors (Lipinski definition) is 3. The third-order valence-corrected chi connectivity index (χ3v) is 5.73. The van der Waals surface area contributed by atoms with Crippen LogP contribution in [0.5, 0.6) is 0 Å². The summed E-state index contributed by atoms with van der Waals surface area (Å²) in [7, 11) is 0. The summed E-state index contributed by atoms with van der Waals surface area (Å²) >= 11 is 7.74. The van der Waals surface area contributed by atoms with Crippen molar-refractivity contribution in [2.45, 2.75) is 50.0 Å². The number of nitrogens with two attached hydrogens (primary N) is 1. The number of rotatable bonds is 7. The van der Waals surface area contributed by atoms with Gasteiger partial charge in [-0.3, -0.25) is 4.79 Å². The number of amides is 1. The Bertz CT molecular complexity index is 504. The monoisotopic (exact) mass is 390 g/mol. The lowest BCUT2D eigenvalue weighted by Crippen LogP contribution is -2.47. The molecule has 0 spiro atoms. The molecule has 0 aromatic heterocycles. The third-order valence-electron chi connectivity index (χ3n) is 4.84. The molecule has 0 saturated heterocycles. The highest BCUT2D eigenvalue weighted by atomic mass is 35.5. The lowest BCUT2D eigenvalue weighted by molar-refractivity contribution is -0.122. The van der Waals surface area contributed by atoms with Crippen molar-refractivity contribution in [3.63, 3.8) is 0 Å². The van der Waals surface area contributed by atoms with Gasteiger partial charge in [-0.1, -0.05) is 43.0 Å². The minimum Gasteiger partial charge on any atom is -0.354 e. The van der Waals surface area contributed by atoms with Crippen molar-refractivity contribution in [1.82, 2.24) is 5.32 Å². The molecular formula is C18H28Cl2N2OS. The summed E-state index contributed by atoms with van der Waals surface area (Å²) in [5, 5.41) is 3.86. The Labute approximate surface area is 160 Å². The number of halogens is 2. The molecule has 3 nitrogen and oxygen atoms in total. The fourth-order valence-electron chi connectivity index (χ4n) is 3.36. The number of benzene rings is 1. The molecule has 1 aromatic rings. The van der Waals surface area contributed by atoms with Gasteiger partial charge in [-0.2, -0.15) is 11.8 Å². The van der Waals surface area contributed by atoms with Gasteiger partial charge in [0.15, 0.2) is 0 Å². The number of thioether (sulfide) groups is 1. The van der Waals surface area contributed by atoms with Crippen LogP contribution >= 0.6 is 35.8 Å². The molecule has 1 atom stereocenters. The van der Waals surface area contributed by atoms with E-state index in [1.54, 1.807) is 11.8 Å². The summed E-state index contributed by atoms with van der Waals surface area (Å²) in [6.07, 6.45) is 8.65. The van der Waals surface area contributed by atoms with Crippen LogP contribution in [0.3, 0.4) is 0 Å². The van der Waals surface area contributed by atoms with Crippen LogP contribution in [0.15, 0.2) is 24.3 Å². The van der Waals surface area contributed by atoms with E-state index < -0.39 is 6.04 Å². The predicted molar refractivity (Wildman–Crippen MR) is 107 cm³/mol. The number of nitrogens with one attached hydrogen (secondary N) is 1. The summed E-state index contributed by atoms with van der Waals surface area (Å²) in [4.78, 5) is 12.3. The Morgan fingerprint density at radius 3 is 2.50 bits per heavy atom. The Morgan fingerprint density at radius 1 is 1.29 bits per heavy atom. The Balaban J connectivity index is 0.00000288. The zero-order valence-electron chi connectivity index (χ0n) is 14.2. The van der Waals surface area contributed by atoms with Crippen LogP contribution < -0.4 is 11.1 Å². The van der Waals surface area contributed by atoms with Crippen LogP contribution in [0, 0.1) is 0 Å². The van der Waals surface area contributed by atoms with Crippen LogP contribution in [0.4, 0.5) is 0 Å². The molecule has 0 aliphatic heterocycles. The first-order valence-corrected chi connectivity index (χ1v) is 10.1. The first-order valence-electron chi connectivity index (χ1n) is 8.36. The van der Waals surface area contributed by atoms with Gasteiger partial charge < -0.3 is 11.1 Å². The fraction of sp³-hybridized carbons (Fsp3) is 0.611. The maximum Gasteiger partial charge on any atom is 0.236 e. The highest BCUT2D eigenvalue weighted by molar-refractivity contribution is 7.98. The molecule has 1 amide bonds. The Morgan fingerprint density at radius 2 is 1.92 bits per heavy atom. The first kappa shape index (κ1) is 21.6. The topological polar surface area (TPSA) is 55.1 Å². The van der Waals surface area contributed by atoms with Crippen molar-refractivity contribution in [2.75, 3.05) is 18.6 Å². The van der Waals surface area contributed by atoms with Gasteiger partial charge in [-0.05, 0) is 49.0 Å². The third kappa shape index (κ3) is 5.83. The van der Waals surface area contributed by atoms with E-state index in [0.717, 1.165) is 30.0 Å². The molecule has 1 saturated carbocycles. The lowest BCUT2D eigenvalue weighted by atomic mass is 9.69. The number of hydrogen-bond donors (Lipinski definition) is 2. The number of carbonyl (C=O) groups is 1. The zero-order valence-corrected chi connectivity index (χ0v) is 16.6. The molecule has 0 unspecified atom stereocenters. The second kappa shape index (κ2) is 10.5. The second-order valence-corrected chi connectivity index (χ2v) is 7.88. The highest BCUT2D eigenvalue weighted by Gasteiger charge is 2.34. The van der Waals surface area contributed by atoms with Gasteiger partial charge in [0.25, 0.3) is 0 Å². The SMILES string of the molecule is CSCC[C@H](N)C(=O)NCC1(c2ccc(Cl)cc2)CCCCC1.Cl. The first-order chi connectivity index (χ1) is 11.1. The van der Waals surface area contributed by atoms with E-state index in [9.17, 15) is 4.79 Å². The van der Waals surface area contributed by atoms with Gasteiger partial charge in [-0.15, -0.1) is 12.4 Å². The summed E-state index contributed by atoms with van der Waals surface area (Å²) in [6, 6.07) is 7.69. The van der Waals surface area contributed by atoms with Crippen LogP contribution in [0.25, 0.3) is 0 Å². The van der Waals surface area contributed by atoms with Gasteiger partial charge >= 0.3 is 0 Å². The van der Waals surface area contributed by atoms with Crippen molar-refractivity contribution in [1.29, 1.82) is 0 Å². The largest absolute Gasteiger partial charge is 0.354 e. The van der Waals surface area contributed by atoms with Crippen LogP contribution in [0.2, 0.25) is 5.02 Å². The second-order valence-electron chi connectivity index (χ2n) is 6.45. The Hall–Kier alpha value is -0.420.